The molecule has 1 heterocycles. The van der Waals surface area contributed by atoms with E-state index in [1.807, 2.05) is 0 Å². The Morgan fingerprint density at radius 1 is 1.38 bits per heavy atom. The van der Waals surface area contributed by atoms with Crippen LogP contribution < -0.4 is 4.74 Å². The molecule has 1 fully saturated rings. The third kappa shape index (κ3) is 4.58. The summed E-state index contributed by atoms with van der Waals surface area (Å²) in [6.07, 6.45) is 0.557. The van der Waals surface area contributed by atoms with Crippen LogP contribution in [0.5, 0.6) is 5.75 Å². The molecule has 21 heavy (non-hydrogen) atoms. The maximum absolute atomic E-state index is 10.4. The summed E-state index contributed by atoms with van der Waals surface area (Å²) >= 11 is 6.01. The van der Waals surface area contributed by atoms with E-state index in [0.717, 1.165) is 25.2 Å². The molecule has 0 aromatic heterocycles. The van der Waals surface area contributed by atoms with Gasteiger partial charge in [0.15, 0.2) is 0 Å². The van der Waals surface area contributed by atoms with E-state index < -0.39 is 6.10 Å². The molecule has 1 N–H and O–H groups in total. The summed E-state index contributed by atoms with van der Waals surface area (Å²) in [5, 5.41) is 11.0. The molecular formula is C16H24ClNO3. The van der Waals surface area contributed by atoms with Gasteiger partial charge < -0.3 is 14.6 Å². The zero-order valence-electron chi connectivity index (χ0n) is 12.9. The van der Waals surface area contributed by atoms with Crippen LogP contribution in [0.3, 0.4) is 0 Å². The van der Waals surface area contributed by atoms with Gasteiger partial charge >= 0.3 is 0 Å². The zero-order valence-corrected chi connectivity index (χ0v) is 13.6. The summed E-state index contributed by atoms with van der Waals surface area (Å²) in [6.45, 7) is 6.81. The molecule has 3 atom stereocenters. The van der Waals surface area contributed by atoms with E-state index in [1.165, 1.54) is 0 Å². The monoisotopic (exact) mass is 313 g/mol. The number of hydrogen-bond donors (Lipinski definition) is 1. The Balaban J connectivity index is 1.95. The van der Waals surface area contributed by atoms with Crippen molar-refractivity contribution >= 4 is 11.6 Å². The molecule has 0 aliphatic carbocycles. The molecule has 0 saturated carbocycles. The van der Waals surface area contributed by atoms with Crippen LogP contribution in [-0.4, -0.2) is 49.0 Å². The molecule has 1 saturated heterocycles. The molecule has 0 amide bonds. The minimum Gasteiger partial charge on any atom is -0.496 e. The van der Waals surface area contributed by atoms with Gasteiger partial charge in [-0.1, -0.05) is 11.6 Å². The lowest BCUT2D eigenvalue weighted by Gasteiger charge is -2.35. The van der Waals surface area contributed by atoms with Crippen molar-refractivity contribution < 1.29 is 14.6 Å². The summed E-state index contributed by atoms with van der Waals surface area (Å²) in [7, 11) is 1.60. The van der Waals surface area contributed by atoms with Crippen molar-refractivity contribution in [2.45, 2.75) is 38.6 Å². The van der Waals surface area contributed by atoms with Crippen molar-refractivity contribution in [3.8, 4) is 5.75 Å². The molecular weight excluding hydrogens is 290 g/mol. The first-order valence-corrected chi connectivity index (χ1v) is 7.76. The molecule has 1 aromatic rings. The number of rotatable bonds is 5. The number of aliphatic hydroxyl groups is 1. The van der Waals surface area contributed by atoms with Crippen LogP contribution >= 0.6 is 11.6 Å². The van der Waals surface area contributed by atoms with Gasteiger partial charge in [-0.2, -0.15) is 0 Å². The van der Waals surface area contributed by atoms with E-state index in [9.17, 15) is 5.11 Å². The van der Waals surface area contributed by atoms with Crippen LogP contribution in [0.25, 0.3) is 0 Å². The predicted octanol–water partition coefficient (Wildman–Crippen LogP) is 2.88. The highest BCUT2D eigenvalue weighted by molar-refractivity contribution is 6.30. The van der Waals surface area contributed by atoms with E-state index in [-0.39, 0.29) is 12.2 Å². The Kier molecular flexibility index (Phi) is 5.88. The van der Waals surface area contributed by atoms with Crippen LogP contribution in [0.1, 0.15) is 31.9 Å². The predicted molar refractivity (Wildman–Crippen MR) is 84.0 cm³/mol. The largest absolute Gasteiger partial charge is 0.496 e. The highest BCUT2D eigenvalue weighted by atomic mass is 35.5. The van der Waals surface area contributed by atoms with Gasteiger partial charge in [-0.05, 0) is 38.5 Å². The maximum Gasteiger partial charge on any atom is 0.124 e. The van der Waals surface area contributed by atoms with Gasteiger partial charge in [-0.25, -0.2) is 0 Å². The van der Waals surface area contributed by atoms with Crippen molar-refractivity contribution in [3.05, 3.63) is 28.8 Å². The Hall–Kier alpha value is -0.810. The average Bonchev–Trinajstić information content (AvgIpc) is 2.43. The highest BCUT2D eigenvalue weighted by Gasteiger charge is 2.23. The molecule has 1 aliphatic heterocycles. The van der Waals surface area contributed by atoms with Crippen molar-refractivity contribution in [3.63, 3.8) is 0 Å². The smallest absolute Gasteiger partial charge is 0.124 e. The van der Waals surface area contributed by atoms with Gasteiger partial charge in [0.05, 0.1) is 25.4 Å². The van der Waals surface area contributed by atoms with Crippen molar-refractivity contribution in [2.24, 2.45) is 0 Å². The number of morpholine rings is 1. The second kappa shape index (κ2) is 7.45. The normalized spacial score (nSPS) is 24.8. The molecule has 5 heteroatoms. The van der Waals surface area contributed by atoms with Gasteiger partial charge in [0.2, 0.25) is 0 Å². The molecule has 0 bridgehead atoms. The van der Waals surface area contributed by atoms with Gasteiger partial charge in [0.1, 0.15) is 5.75 Å². The first-order valence-electron chi connectivity index (χ1n) is 7.39. The van der Waals surface area contributed by atoms with E-state index >= 15 is 0 Å². The molecule has 4 nitrogen and oxygen atoms in total. The van der Waals surface area contributed by atoms with Crippen molar-refractivity contribution in [2.75, 3.05) is 26.7 Å². The lowest BCUT2D eigenvalue weighted by Crippen LogP contribution is -2.45. The van der Waals surface area contributed by atoms with Crippen LogP contribution in [0.4, 0.5) is 0 Å². The Morgan fingerprint density at radius 3 is 2.67 bits per heavy atom. The summed E-state index contributed by atoms with van der Waals surface area (Å²) < 4.78 is 11.0. The number of methoxy groups -OCH3 is 1. The van der Waals surface area contributed by atoms with Crippen molar-refractivity contribution in [1.82, 2.24) is 4.90 Å². The minimum atomic E-state index is -0.577. The van der Waals surface area contributed by atoms with Crippen molar-refractivity contribution in [1.29, 1.82) is 0 Å². The highest BCUT2D eigenvalue weighted by Crippen LogP contribution is 2.30. The summed E-state index contributed by atoms with van der Waals surface area (Å²) in [4.78, 5) is 2.33. The number of benzene rings is 1. The fourth-order valence-electron chi connectivity index (χ4n) is 2.89. The number of aliphatic hydroxyl groups excluding tert-OH is 1. The number of nitrogens with zero attached hydrogens (tertiary/aromatic N) is 1. The third-order valence-corrected chi connectivity index (χ3v) is 4.00. The van der Waals surface area contributed by atoms with Gasteiger partial charge in [0, 0.05) is 30.2 Å². The second-order valence-electron chi connectivity index (χ2n) is 5.71. The molecule has 1 aliphatic rings. The topological polar surface area (TPSA) is 41.9 Å². The van der Waals surface area contributed by atoms with E-state index in [4.69, 9.17) is 21.1 Å². The van der Waals surface area contributed by atoms with Crippen LogP contribution in [0, 0.1) is 0 Å². The molecule has 1 aromatic carbocycles. The number of ether oxygens (including phenoxy) is 2. The van der Waals surface area contributed by atoms with E-state index in [2.05, 4.69) is 18.7 Å². The van der Waals surface area contributed by atoms with Gasteiger partial charge in [0.25, 0.3) is 0 Å². The quantitative estimate of drug-likeness (QED) is 0.907. The molecule has 118 valence electrons. The van der Waals surface area contributed by atoms with Crippen LogP contribution in [-0.2, 0) is 4.74 Å². The van der Waals surface area contributed by atoms with E-state index in [1.54, 1.807) is 25.3 Å². The standard InChI is InChI=1S/C16H24ClNO3/c1-11-9-18(10-12(2)21-11)7-6-15(19)14-8-13(17)4-5-16(14)20-3/h4-5,8,11-12,15,19H,6-7,9-10H2,1-3H3. The lowest BCUT2D eigenvalue weighted by molar-refractivity contribution is -0.0703. The van der Waals surface area contributed by atoms with Gasteiger partial charge in [-0.15, -0.1) is 0 Å². The average molecular weight is 314 g/mol. The third-order valence-electron chi connectivity index (χ3n) is 3.76. The number of hydrogen-bond acceptors (Lipinski definition) is 4. The summed E-state index contributed by atoms with van der Waals surface area (Å²) in [5.41, 5.74) is 0.749. The van der Waals surface area contributed by atoms with Crippen LogP contribution in [0.2, 0.25) is 5.02 Å². The first-order chi connectivity index (χ1) is 9.99. The van der Waals surface area contributed by atoms with Gasteiger partial charge in [-0.3, -0.25) is 4.90 Å². The summed E-state index contributed by atoms with van der Waals surface area (Å²) in [6, 6.07) is 5.33. The molecule has 0 spiro atoms. The molecule has 0 radical (unpaired) electrons. The second-order valence-corrected chi connectivity index (χ2v) is 6.14. The zero-order chi connectivity index (χ0) is 15.4. The maximum atomic E-state index is 10.4. The Labute approximate surface area is 131 Å². The first kappa shape index (κ1) is 16.6. The van der Waals surface area contributed by atoms with Crippen LogP contribution in [0.15, 0.2) is 18.2 Å². The lowest BCUT2D eigenvalue weighted by atomic mass is 10.0. The Bertz CT molecular complexity index is 459. The fourth-order valence-corrected chi connectivity index (χ4v) is 3.07. The minimum absolute atomic E-state index is 0.242. The fraction of sp³-hybridized carbons (Fsp3) is 0.625. The number of halogens is 1. The van der Waals surface area contributed by atoms with E-state index in [0.29, 0.717) is 17.2 Å². The summed E-state index contributed by atoms with van der Waals surface area (Å²) in [5.74, 6) is 0.676. The molecule has 2 rings (SSSR count). The SMILES string of the molecule is COc1ccc(Cl)cc1C(O)CCN1CC(C)OC(C)C1. The molecule has 3 unspecified atom stereocenters. The Morgan fingerprint density at radius 2 is 2.05 bits per heavy atom.